The maximum absolute atomic E-state index is 6.08. The molecule has 1 aromatic rings. The molecule has 0 N–H and O–H groups in total. The second kappa shape index (κ2) is 5.88. The van der Waals surface area contributed by atoms with Gasteiger partial charge in [0, 0.05) is 25.3 Å². The lowest BCUT2D eigenvalue weighted by molar-refractivity contribution is 0.237. The topological polar surface area (TPSA) is 15.7 Å². The van der Waals surface area contributed by atoms with Gasteiger partial charge < -0.3 is 9.64 Å². The lowest BCUT2D eigenvalue weighted by Crippen LogP contribution is -2.34. The predicted molar refractivity (Wildman–Crippen MR) is 86.5 cm³/mol. The number of hydrogen-bond acceptors (Lipinski definition) is 3. The minimum Gasteiger partial charge on any atom is -0.492 e. The van der Waals surface area contributed by atoms with Gasteiger partial charge in [0.1, 0.15) is 12.4 Å². The van der Waals surface area contributed by atoms with Gasteiger partial charge in [-0.25, -0.2) is 0 Å². The summed E-state index contributed by atoms with van der Waals surface area (Å²) in [4.78, 5) is 5.11. The summed E-state index contributed by atoms with van der Waals surface area (Å²) in [7, 11) is 0. The fraction of sp³-hybridized carbons (Fsp3) is 0.667. The summed E-state index contributed by atoms with van der Waals surface area (Å²) >= 11 is 0. The molecule has 3 aliphatic heterocycles. The number of aryl methyl sites for hydroxylation is 2. The molecule has 0 aromatic heterocycles. The van der Waals surface area contributed by atoms with Crippen molar-refractivity contribution in [2.45, 2.75) is 38.5 Å². The molecule has 3 aliphatic rings. The Balaban J connectivity index is 1.46. The molecular weight excluding hydrogens is 260 g/mol. The largest absolute Gasteiger partial charge is 0.492 e. The van der Waals surface area contributed by atoms with Crippen LogP contribution < -0.4 is 9.64 Å². The van der Waals surface area contributed by atoms with Crippen molar-refractivity contribution >= 4 is 5.69 Å². The van der Waals surface area contributed by atoms with Crippen molar-refractivity contribution in [1.29, 1.82) is 0 Å². The van der Waals surface area contributed by atoms with Gasteiger partial charge in [-0.1, -0.05) is 0 Å². The van der Waals surface area contributed by atoms with E-state index in [2.05, 4.69) is 21.9 Å². The first-order chi connectivity index (χ1) is 10.4. The van der Waals surface area contributed by atoms with Gasteiger partial charge in [0.15, 0.2) is 0 Å². The molecule has 0 radical (unpaired) electrons. The van der Waals surface area contributed by atoms with E-state index in [1.165, 1.54) is 75.8 Å². The van der Waals surface area contributed by atoms with Crippen LogP contribution in [0.25, 0.3) is 0 Å². The zero-order chi connectivity index (χ0) is 14.1. The van der Waals surface area contributed by atoms with E-state index < -0.39 is 0 Å². The summed E-state index contributed by atoms with van der Waals surface area (Å²) in [5.41, 5.74) is 4.59. The molecule has 0 unspecified atom stereocenters. The number of rotatable bonds is 4. The van der Waals surface area contributed by atoms with Crippen LogP contribution in [0.5, 0.6) is 5.75 Å². The third-order valence-electron chi connectivity index (χ3n) is 5.18. The standard InChI is InChI=1S/C18H26N2O/c1-2-8-19(7-1)11-12-21-17-13-15-5-3-9-20-10-4-6-16(14-17)18(15)20/h13-14H,1-12H2. The average molecular weight is 286 g/mol. The minimum atomic E-state index is 0.835. The second-order valence-electron chi connectivity index (χ2n) is 6.68. The average Bonchev–Trinajstić information content (AvgIpc) is 3.01. The molecule has 0 saturated carbocycles. The Bertz CT molecular complexity index is 477. The van der Waals surface area contributed by atoms with Crippen LogP contribution in [0.15, 0.2) is 12.1 Å². The first-order valence-corrected chi connectivity index (χ1v) is 8.66. The van der Waals surface area contributed by atoms with Crippen LogP contribution in [0.1, 0.15) is 36.8 Å². The molecule has 3 heteroatoms. The zero-order valence-electron chi connectivity index (χ0n) is 12.9. The van der Waals surface area contributed by atoms with E-state index in [-0.39, 0.29) is 0 Å². The quantitative estimate of drug-likeness (QED) is 0.846. The summed E-state index contributed by atoms with van der Waals surface area (Å²) in [6.45, 7) is 6.92. The molecule has 4 rings (SSSR count). The Kier molecular flexibility index (Phi) is 3.76. The highest BCUT2D eigenvalue weighted by Crippen LogP contribution is 2.37. The molecule has 1 aromatic carbocycles. The highest BCUT2D eigenvalue weighted by molar-refractivity contribution is 5.65. The maximum atomic E-state index is 6.08. The molecule has 0 atom stereocenters. The Hall–Kier alpha value is -1.22. The molecule has 1 fully saturated rings. The molecule has 0 spiro atoms. The number of benzene rings is 1. The molecule has 21 heavy (non-hydrogen) atoms. The molecule has 114 valence electrons. The number of anilines is 1. The van der Waals surface area contributed by atoms with Gasteiger partial charge >= 0.3 is 0 Å². The van der Waals surface area contributed by atoms with Crippen LogP contribution in [0, 0.1) is 0 Å². The van der Waals surface area contributed by atoms with E-state index >= 15 is 0 Å². The van der Waals surface area contributed by atoms with Crippen LogP contribution in [-0.4, -0.2) is 44.2 Å². The Labute approximate surface area is 127 Å². The third-order valence-corrected chi connectivity index (χ3v) is 5.18. The van der Waals surface area contributed by atoms with Gasteiger partial charge in [0.05, 0.1) is 0 Å². The Morgan fingerprint density at radius 1 is 0.857 bits per heavy atom. The van der Waals surface area contributed by atoms with Gasteiger partial charge in [-0.2, -0.15) is 0 Å². The minimum absolute atomic E-state index is 0.835. The van der Waals surface area contributed by atoms with Crippen molar-refractivity contribution in [3.63, 3.8) is 0 Å². The summed E-state index contributed by atoms with van der Waals surface area (Å²) < 4.78 is 6.08. The van der Waals surface area contributed by atoms with E-state index in [0.717, 1.165) is 18.9 Å². The third kappa shape index (κ3) is 2.76. The number of ether oxygens (including phenoxy) is 1. The lowest BCUT2D eigenvalue weighted by Gasteiger charge is -2.37. The lowest BCUT2D eigenvalue weighted by atomic mass is 9.92. The fourth-order valence-electron chi connectivity index (χ4n) is 4.15. The maximum Gasteiger partial charge on any atom is 0.120 e. The smallest absolute Gasteiger partial charge is 0.120 e. The van der Waals surface area contributed by atoms with Crippen LogP contribution in [0.3, 0.4) is 0 Å². The van der Waals surface area contributed by atoms with Crippen molar-refractivity contribution in [2.75, 3.05) is 44.2 Å². The van der Waals surface area contributed by atoms with Crippen molar-refractivity contribution in [1.82, 2.24) is 4.90 Å². The zero-order valence-corrected chi connectivity index (χ0v) is 12.9. The van der Waals surface area contributed by atoms with E-state index in [9.17, 15) is 0 Å². The number of hydrogen-bond donors (Lipinski definition) is 0. The van der Waals surface area contributed by atoms with Crippen molar-refractivity contribution in [3.05, 3.63) is 23.3 Å². The monoisotopic (exact) mass is 286 g/mol. The van der Waals surface area contributed by atoms with Crippen LogP contribution >= 0.6 is 0 Å². The van der Waals surface area contributed by atoms with Gasteiger partial charge in [-0.15, -0.1) is 0 Å². The van der Waals surface area contributed by atoms with E-state index in [1.54, 1.807) is 5.69 Å². The van der Waals surface area contributed by atoms with Gasteiger partial charge in [0.25, 0.3) is 0 Å². The van der Waals surface area contributed by atoms with Crippen LogP contribution in [0.4, 0.5) is 5.69 Å². The predicted octanol–water partition coefficient (Wildman–Crippen LogP) is 2.86. The highest BCUT2D eigenvalue weighted by atomic mass is 16.5. The normalized spacial score (nSPS) is 21.4. The van der Waals surface area contributed by atoms with Crippen molar-refractivity contribution in [3.8, 4) is 5.75 Å². The Morgan fingerprint density at radius 3 is 2.19 bits per heavy atom. The second-order valence-corrected chi connectivity index (χ2v) is 6.68. The van der Waals surface area contributed by atoms with Crippen molar-refractivity contribution in [2.24, 2.45) is 0 Å². The van der Waals surface area contributed by atoms with E-state index in [4.69, 9.17) is 4.74 Å². The molecular formula is C18H26N2O. The van der Waals surface area contributed by atoms with Gasteiger partial charge in [0.2, 0.25) is 0 Å². The summed E-state index contributed by atoms with van der Waals surface area (Å²) in [6, 6.07) is 4.61. The summed E-state index contributed by atoms with van der Waals surface area (Å²) in [6.07, 6.45) is 7.76. The molecule has 3 heterocycles. The van der Waals surface area contributed by atoms with Crippen molar-refractivity contribution < 1.29 is 4.74 Å². The summed E-state index contributed by atoms with van der Waals surface area (Å²) in [5, 5.41) is 0. The van der Waals surface area contributed by atoms with Crippen LogP contribution in [0.2, 0.25) is 0 Å². The molecule has 0 amide bonds. The first kappa shape index (κ1) is 13.4. The number of likely N-dealkylation sites (tertiary alicyclic amines) is 1. The molecule has 0 aliphatic carbocycles. The van der Waals surface area contributed by atoms with E-state index in [1.807, 2.05) is 0 Å². The molecule has 1 saturated heterocycles. The van der Waals surface area contributed by atoms with Gasteiger partial charge in [-0.05, 0) is 74.9 Å². The molecule has 3 nitrogen and oxygen atoms in total. The first-order valence-electron chi connectivity index (χ1n) is 8.66. The SMILES string of the molecule is c1c(OCCN2CCCC2)cc2c3c1CCCN3CCC2. The summed E-state index contributed by atoms with van der Waals surface area (Å²) in [5.74, 6) is 1.10. The Morgan fingerprint density at radius 2 is 1.52 bits per heavy atom. The molecule has 0 bridgehead atoms. The number of nitrogens with zero attached hydrogens (tertiary/aromatic N) is 2. The van der Waals surface area contributed by atoms with Crippen LogP contribution in [-0.2, 0) is 12.8 Å². The highest BCUT2D eigenvalue weighted by Gasteiger charge is 2.24. The van der Waals surface area contributed by atoms with E-state index in [0.29, 0.717) is 0 Å². The fourth-order valence-corrected chi connectivity index (χ4v) is 4.15. The van der Waals surface area contributed by atoms with Gasteiger partial charge in [-0.3, -0.25) is 4.90 Å².